The van der Waals surface area contributed by atoms with Crippen molar-refractivity contribution in [3.8, 4) is 0 Å². The first-order chi connectivity index (χ1) is 13.6. The van der Waals surface area contributed by atoms with Gasteiger partial charge in [0.25, 0.3) is 0 Å². The van der Waals surface area contributed by atoms with Crippen LogP contribution in [0.15, 0.2) is 54.6 Å². The Morgan fingerprint density at radius 2 is 1.57 bits per heavy atom. The van der Waals surface area contributed by atoms with E-state index >= 15 is 0 Å². The number of hydrogen-bond acceptors (Lipinski definition) is 2. The second-order valence-electron chi connectivity index (χ2n) is 7.41. The highest BCUT2D eigenvalue weighted by Gasteiger charge is 2.31. The van der Waals surface area contributed by atoms with Crippen molar-refractivity contribution < 1.29 is 14.0 Å². The fourth-order valence-electron chi connectivity index (χ4n) is 3.82. The van der Waals surface area contributed by atoms with Crippen LogP contribution >= 0.6 is 0 Å². The molecule has 5 heteroatoms. The van der Waals surface area contributed by atoms with Crippen molar-refractivity contribution in [3.63, 3.8) is 0 Å². The molecule has 1 N–H and O–H groups in total. The van der Waals surface area contributed by atoms with Crippen LogP contribution in [0.1, 0.15) is 31.2 Å². The summed E-state index contributed by atoms with van der Waals surface area (Å²) in [5.41, 5.74) is 1.50. The van der Waals surface area contributed by atoms with Crippen molar-refractivity contribution in [1.82, 2.24) is 5.32 Å². The van der Waals surface area contributed by atoms with Crippen LogP contribution in [0.2, 0.25) is 0 Å². The van der Waals surface area contributed by atoms with Crippen LogP contribution in [0.3, 0.4) is 0 Å². The first-order valence-electron chi connectivity index (χ1n) is 9.90. The van der Waals surface area contributed by atoms with Crippen molar-refractivity contribution in [2.24, 2.45) is 11.8 Å². The molecule has 4 nitrogen and oxygen atoms in total. The minimum atomic E-state index is -0.238. The van der Waals surface area contributed by atoms with E-state index in [-0.39, 0.29) is 29.5 Å². The number of nitrogens with zero attached hydrogens (tertiary/aromatic N) is 1. The van der Waals surface area contributed by atoms with Gasteiger partial charge in [-0.2, -0.15) is 0 Å². The molecule has 0 spiro atoms. The molecule has 0 atom stereocenters. The third-order valence-electron chi connectivity index (χ3n) is 5.57. The third-order valence-corrected chi connectivity index (χ3v) is 5.57. The number of para-hydroxylation sites is 1. The number of benzene rings is 2. The van der Waals surface area contributed by atoms with Gasteiger partial charge in [-0.05, 0) is 55.9 Å². The number of nitrogens with one attached hydrogen (secondary N) is 1. The van der Waals surface area contributed by atoms with E-state index in [0.29, 0.717) is 31.4 Å². The summed E-state index contributed by atoms with van der Waals surface area (Å²) in [6, 6.07) is 16.2. The summed E-state index contributed by atoms with van der Waals surface area (Å²) >= 11 is 0. The van der Waals surface area contributed by atoms with E-state index in [1.807, 2.05) is 30.3 Å². The second-order valence-corrected chi connectivity index (χ2v) is 7.41. The van der Waals surface area contributed by atoms with Crippen LogP contribution < -0.4 is 10.2 Å². The van der Waals surface area contributed by atoms with Crippen LogP contribution in [0.5, 0.6) is 0 Å². The van der Waals surface area contributed by atoms with Gasteiger partial charge in [0.05, 0.1) is 0 Å². The lowest BCUT2D eigenvalue weighted by atomic mass is 9.81. The predicted octanol–water partition coefficient (Wildman–Crippen LogP) is 3.95. The lowest BCUT2D eigenvalue weighted by molar-refractivity contribution is -0.129. The number of hydrogen-bond donors (Lipinski definition) is 1. The maximum Gasteiger partial charge on any atom is 0.229 e. The molecule has 0 saturated heterocycles. The SMILES string of the molecule is CN(C(=O)C1CCC(C(=O)NCCc2ccccc2F)CC1)c1ccccc1. The predicted molar refractivity (Wildman–Crippen MR) is 108 cm³/mol. The first kappa shape index (κ1) is 20.1. The molecule has 0 radical (unpaired) electrons. The van der Waals surface area contributed by atoms with Crippen LogP contribution in [-0.4, -0.2) is 25.4 Å². The summed E-state index contributed by atoms with van der Waals surface area (Å²) in [5.74, 6) is -0.207. The molecule has 0 unspecified atom stereocenters. The number of rotatable bonds is 6. The highest BCUT2D eigenvalue weighted by atomic mass is 19.1. The van der Waals surface area contributed by atoms with Crippen molar-refractivity contribution >= 4 is 17.5 Å². The Labute approximate surface area is 165 Å². The molecular formula is C23H27FN2O2. The fraction of sp³-hybridized carbons (Fsp3) is 0.391. The fourth-order valence-corrected chi connectivity index (χ4v) is 3.82. The Bertz CT molecular complexity index is 801. The summed E-state index contributed by atoms with van der Waals surface area (Å²) in [7, 11) is 1.80. The minimum absolute atomic E-state index is 0.0126. The summed E-state index contributed by atoms with van der Waals surface area (Å²) in [5, 5.41) is 2.92. The molecule has 1 aliphatic carbocycles. The maximum atomic E-state index is 13.6. The van der Waals surface area contributed by atoms with E-state index in [9.17, 15) is 14.0 Å². The first-order valence-corrected chi connectivity index (χ1v) is 9.90. The Morgan fingerprint density at radius 1 is 0.964 bits per heavy atom. The largest absolute Gasteiger partial charge is 0.356 e. The molecule has 1 aliphatic rings. The number of carbonyl (C=O) groups is 2. The molecule has 1 saturated carbocycles. The summed E-state index contributed by atoms with van der Waals surface area (Å²) in [4.78, 5) is 26.8. The topological polar surface area (TPSA) is 49.4 Å². The van der Waals surface area contributed by atoms with Gasteiger partial charge in [-0.3, -0.25) is 9.59 Å². The number of amides is 2. The molecule has 2 aromatic rings. The molecule has 0 aliphatic heterocycles. The Morgan fingerprint density at radius 3 is 2.25 bits per heavy atom. The molecule has 28 heavy (non-hydrogen) atoms. The van der Waals surface area contributed by atoms with Gasteiger partial charge in [-0.1, -0.05) is 36.4 Å². The molecule has 3 rings (SSSR count). The Kier molecular flexibility index (Phi) is 6.80. The van der Waals surface area contributed by atoms with Crippen LogP contribution in [0.4, 0.5) is 10.1 Å². The monoisotopic (exact) mass is 382 g/mol. The van der Waals surface area contributed by atoms with Crippen molar-refractivity contribution in [2.45, 2.75) is 32.1 Å². The van der Waals surface area contributed by atoms with Crippen molar-refractivity contribution in [2.75, 3.05) is 18.5 Å². The zero-order chi connectivity index (χ0) is 19.9. The quantitative estimate of drug-likeness (QED) is 0.822. The van der Waals surface area contributed by atoms with Gasteiger partial charge in [-0.15, -0.1) is 0 Å². The number of halogens is 1. The standard InChI is InChI=1S/C23H27FN2O2/c1-26(20-8-3-2-4-9-20)23(28)19-13-11-18(12-14-19)22(27)25-16-15-17-7-5-6-10-21(17)24/h2-10,18-19H,11-16H2,1H3,(H,25,27). The van der Waals surface area contributed by atoms with Gasteiger partial charge in [0, 0.05) is 31.1 Å². The maximum absolute atomic E-state index is 13.6. The van der Waals surface area contributed by atoms with Crippen molar-refractivity contribution in [3.05, 3.63) is 66.0 Å². The Balaban J connectivity index is 1.43. The molecule has 2 amide bonds. The van der Waals surface area contributed by atoms with Gasteiger partial charge < -0.3 is 10.2 Å². The number of carbonyl (C=O) groups excluding carboxylic acids is 2. The van der Waals surface area contributed by atoms with E-state index in [4.69, 9.17) is 0 Å². The molecule has 0 bridgehead atoms. The van der Waals surface area contributed by atoms with E-state index in [1.165, 1.54) is 6.07 Å². The zero-order valence-electron chi connectivity index (χ0n) is 16.2. The highest BCUT2D eigenvalue weighted by molar-refractivity contribution is 5.94. The normalized spacial score (nSPS) is 19.1. The van der Waals surface area contributed by atoms with E-state index in [1.54, 1.807) is 30.1 Å². The lowest BCUT2D eigenvalue weighted by Crippen LogP contribution is -2.38. The smallest absolute Gasteiger partial charge is 0.229 e. The summed E-state index contributed by atoms with van der Waals surface area (Å²) in [6.45, 7) is 0.426. The average Bonchev–Trinajstić information content (AvgIpc) is 2.74. The molecule has 1 fully saturated rings. The van der Waals surface area contributed by atoms with E-state index in [2.05, 4.69) is 5.32 Å². The highest BCUT2D eigenvalue weighted by Crippen LogP contribution is 2.31. The number of anilines is 1. The zero-order valence-corrected chi connectivity index (χ0v) is 16.2. The average molecular weight is 382 g/mol. The molecule has 148 valence electrons. The Hall–Kier alpha value is -2.69. The lowest BCUT2D eigenvalue weighted by Gasteiger charge is -2.30. The molecular weight excluding hydrogens is 355 g/mol. The third kappa shape index (κ3) is 4.97. The van der Waals surface area contributed by atoms with Gasteiger partial charge in [-0.25, -0.2) is 4.39 Å². The molecule has 0 heterocycles. The van der Waals surface area contributed by atoms with E-state index in [0.717, 1.165) is 18.5 Å². The summed E-state index contributed by atoms with van der Waals surface area (Å²) < 4.78 is 13.6. The summed E-state index contributed by atoms with van der Waals surface area (Å²) in [6.07, 6.45) is 3.35. The van der Waals surface area contributed by atoms with Gasteiger partial charge in [0.1, 0.15) is 5.82 Å². The molecule has 2 aromatic carbocycles. The second kappa shape index (κ2) is 9.49. The minimum Gasteiger partial charge on any atom is -0.356 e. The van der Waals surface area contributed by atoms with Crippen molar-refractivity contribution in [1.29, 1.82) is 0 Å². The van der Waals surface area contributed by atoms with Gasteiger partial charge in [0.15, 0.2) is 0 Å². The van der Waals surface area contributed by atoms with E-state index < -0.39 is 0 Å². The molecule has 0 aromatic heterocycles. The van der Waals surface area contributed by atoms with Gasteiger partial charge >= 0.3 is 0 Å². The van der Waals surface area contributed by atoms with Gasteiger partial charge in [0.2, 0.25) is 11.8 Å². The van der Waals surface area contributed by atoms with Crippen LogP contribution in [0, 0.1) is 17.7 Å². The van der Waals surface area contributed by atoms with Crippen LogP contribution in [0.25, 0.3) is 0 Å². The van der Waals surface area contributed by atoms with Crippen LogP contribution in [-0.2, 0) is 16.0 Å².